The molecule has 0 saturated heterocycles. The van der Waals surface area contributed by atoms with Gasteiger partial charge in [-0.3, -0.25) is 0 Å². The Hall–Kier alpha value is -2.36. The fourth-order valence-electron chi connectivity index (χ4n) is 2.01. The van der Waals surface area contributed by atoms with Crippen LogP contribution in [0, 0.1) is 6.92 Å². The number of furan rings is 1. The molecule has 0 saturated carbocycles. The van der Waals surface area contributed by atoms with Crippen LogP contribution >= 0.6 is 0 Å². The van der Waals surface area contributed by atoms with Gasteiger partial charge in [0.2, 0.25) is 0 Å². The summed E-state index contributed by atoms with van der Waals surface area (Å²) in [5.74, 6) is 1.81. The van der Waals surface area contributed by atoms with E-state index < -0.39 is 0 Å². The Kier molecular flexibility index (Phi) is 3.14. The Morgan fingerprint density at radius 3 is 2.58 bits per heavy atom. The third-order valence-electron chi connectivity index (χ3n) is 2.99. The fraction of sp³-hybridized carbons (Fsp3) is 0.200. The van der Waals surface area contributed by atoms with Crippen LogP contribution in [0.3, 0.4) is 0 Å². The van der Waals surface area contributed by atoms with Gasteiger partial charge in [-0.05, 0) is 31.2 Å². The Bertz CT molecular complexity index is 677. The largest absolute Gasteiger partial charge is 0.469 e. The van der Waals surface area contributed by atoms with Crippen molar-refractivity contribution in [3.63, 3.8) is 0 Å². The summed E-state index contributed by atoms with van der Waals surface area (Å²) in [7, 11) is 0. The number of aryl methyl sites for hydroxylation is 1. The minimum Gasteiger partial charge on any atom is -0.469 e. The summed E-state index contributed by atoms with van der Waals surface area (Å²) in [6, 6.07) is 11.8. The third-order valence-corrected chi connectivity index (χ3v) is 2.99. The van der Waals surface area contributed by atoms with E-state index in [1.807, 2.05) is 43.3 Å². The highest BCUT2D eigenvalue weighted by Crippen LogP contribution is 2.15. The lowest BCUT2D eigenvalue weighted by molar-refractivity contribution is 0.513. The summed E-state index contributed by atoms with van der Waals surface area (Å²) in [5.41, 5.74) is 2.75. The van der Waals surface area contributed by atoms with Gasteiger partial charge in [-0.15, -0.1) is 0 Å². The van der Waals surface area contributed by atoms with Crippen LogP contribution in [0.15, 0.2) is 47.1 Å². The van der Waals surface area contributed by atoms with Gasteiger partial charge in [0, 0.05) is 13.0 Å². The normalized spacial score (nSPS) is 10.8. The van der Waals surface area contributed by atoms with Crippen molar-refractivity contribution in [2.45, 2.75) is 13.3 Å². The maximum Gasteiger partial charge on any atom is 0.148 e. The number of anilines is 1. The van der Waals surface area contributed by atoms with Gasteiger partial charge in [0.1, 0.15) is 11.6 Å². The van der Waals surface area contributed by atoms with Gasteiger partial charge in [0.15, 0.2) is 0 Å². The van der Waals surface area contributed by atoms with Crippen molar-refractivity contribution in [2.75, 3.05) is 11.9 Å². The minimum atomic E-state index is 0.779. The minimum absolute atomic E-state index is 0.779. The smallest absolute Gasteiger partial charge is 0.148 e. The Balaban J connectivity index is 1.75. The third kappa shape index (κ3) is 2.57. The SMILES string of the molecule is Cc1nc2ccccc2nc1NCCc1ccco1. The first-order valence-corrected chi connectivity index (χ1v) is 6.32. The van der Waals surface area contributed by atoms with Crippen molar-refractivity contribution in [3.8, 4) is 0 Å². The molecular formula is C15H15N3O. The highest BCUT2D eigenvalue weighted by Gasteiger charge is 2.04. The Morgan fingerprint density at radius 1 is 1.05 bits per heavy atom. The van der Waals surface area contributed by atoms with Crippen molar-refractivity contribution in [1.82, 2.24) is 9.97 Å². The molecular weight excluding hydrogens is 238 g/mol. The van der Waals surface area contributed by atoms with E-state index >= 15 is 0 Å². The summed E-state index contributed by atoms with van der Waals surface area (Å²) in [4.78, 5) is 9.13. The van der Waals surface area contributed by atoms with Crippen LogP contribution in [0.4, 0.5) is 5.82 Å². The van der Waals surface area contributed by atoms with E-state index in [0.29, 0.717) is 0 Å². The zero-order valence-electron chi connectivity index (χ0n) is 10.8. The second-order valence-corrected chi connectivity index (χ2v) is 4.40. The second kappa shape index (κ2) is 5.10. The lowest BCUT2D eigenvalue weighted by Crippen LogP contribution is -2.08. The van der Waals surface area contributed by atoms with Crippen LogP contribution in [0.1, 0.15) is 11.5 Å². The lowest BCUT2D eigenvalue weighted by Gasteiger charge is -2.08. The molecule has 3 aromatic rings. The molecule has 0 bridgehead atoms. The van der Waals surface area contributed by atoms with Gasteiger partial charge in [-0.25, -0.2) is 9.97 Å². The maximum atomic E-state index is 5.30. The molecule has 4 heteroatoms. The van der Waals surface area contributed by atoms with Crippen LogP contribution in [0.25, 0.3) is 11.0 Å². The Labute approximate surface area is 111 Å². The highest BCUT2D eigenvalue weighted by atomic mass is 16.3. The van der Waals surface area contributed by atoms with Crippen LogP contribution < -0.4 is 5.32 Å². The van der Waals surface area contributed by atoms with Crippen molar-refractivity contribution in [3.05, 3.63) is 54.1 Å². The number of fused-ring (bicyclic) bond motifs is 1. The molecule has 0 aliphatic carbocycles. The molecule has 0 unspecified atom stereocenters. The number of rotatable bonds is 4. The first-order valence-electron chi connectivity index (χ1n) is 6.32. The predicted molar refractivity (Wildman–Crippen MR) is 75.2 cm³/mol. The van der Waals surface area contributed by atoms with E-state index in [-0.39, 0.29) is 0 Å². The second-order valence-electron chi connectivity index (χ2n) is 4.40. The molecule has 0 aliphatic heterocycles. The molecule has 3 rings (SSSR count). The summed E-state index contributed by atoms with van der Waals surface area (Å²) < 4.78 is 5.30. The van der Waals surface area contributed by atoms with Crippen LogP contribution in [0.2, 0.25) is 0 Å². The fourth-order valence-corrected chi connectivity index (χ4v) is 2.01. The zero-order chi connectivity index (χ0) is 13.1. The molecule has 0 atom stereocenters. The lowest BCUT2D eigenvalue weighted by atomic mass is 10.3. The first-order chi connectivity index (χ1) is 9.33. The predicted octanol–water partition coefficient (Wildman–Crippen LogP) is 3.19. The van der Waals surface area contributed by atoms with Gasteiger partial charge < -0.3 is 9.73 Å². The van der Waals surface area contributed by atoms with Gasteiger partial charge in [0.25, 0.3) is 0 Å². The number of benzene rings is 1. The summed E-state index contributed by atoms with van der Waals surface area (Å²) in [6.07, 6.45) is 2.53. The van der Waals surface area contributed by atoms with Gasteiger partial charge in [-0.2, -0.15) is 0 Å². The van der Waals surface area contributed by atoms with Crippen LogP contribution in [0.5, 0.6) is 0 Å². The molecule has 0 amide bonds. The van der Waals surface area contributed by atoms with Gasteiger partial charge in [0.05, 0.1) is 23.0 Å². The summed E-state index contributed by atoms with van der Waals surface area (Å²) in [6.45, 7) is 2.75. The molecule has 2 aromatic heterocycles. The van der Waals surface area contributed by atoms with E-state index in [1.54, 1.807) is 6.26 Å². The van der Waals surface area contributed by atoms with Crippen molar-refractivity contribution in [2.24, 2.45) is 0 Å². The molecule has 19 heavy (non-hydrogen) atoms. The molecule has 0 fully saturated rings. The maximum absolute atomic E-state index is 5.30. The number of hydrogen-bond donors (Lipinski definition) is 1. The van der Waals surface area contributed by atoms with Gasteiger partial charge >= 0.3 is 0 Å². The first kappa shape index (κ1) is 11.7. The highest BCUT2D eigenvalue weighted by molar-refractivity contribution is 5.76. The molecule has 4 nitrogen and oxygen atoms in total. The number of nitrogens with zero attached hydrogens (tertiary/aromatic N) is 2. The number of para-hydroxylation sites is 2. The quantitative estimate of drug-likeness (QED) is 0.775. The molecule has 0 radical (unpaired) electrons. The molecule has 2 heterocycles. The molecule has 1 N–H and O–H groups in total. The number of hydrogen-bond acceptors (Lipinski definition) is 4. The van der Waals surface area contributed by atoms with E-state index in [4.69, 9.17) is 4.42 Å². The van der Waals surface area contributed by atoms with E-state index in [0.717, 1.165) is 41.3 Å². The number of nitrogens with one attached hydrogen (secondary N) is 1. The molecule has 0 spiro atoms. The van der Waals surface area contributed by atoms with E-state index in [1.165, 1.54) is 0 Å². The molecule has 1 aromatic carbocycles. The van der Waals surface area contributed by atoms with Gasteiger partial charge in [-0.1, -0.05) is 12.1 Å². The topological polar surface area (TPSA) is 51.0 Å². The van der Waals surface area contributed by atoms with Crippen molar-refractivity contribution >= 4 is 16.9 Å². The zero-order valence-corrected chi connectivity index (χ0v) is 10.8. The standard InChI is InChI=1S/C15H15N3O/c1-11-15(16-9-8-12-5-4-10-19-12)18-14-7-3-2-6-13(14)17-11/h2-7,10H,8-9H2,1H3,(H,16,18). The van der Waals surface area contributed by atoms with E-state index in [9.17, 15) is 0 Å². The van der Waals surface area contributed by atoms with E-state index in [2.05, 4.69) is 15.3 Å². The monoisotopic (exact) mass is 253 g/mol. The van der Waals surface area contributed by atoms with Crippen LogP contribution in [-0.2, 0) is 6.42 Å². The summed E-state index contributed by atoms with van der Waals surface area (Å²) >= 11 is 0. The Morgan fingerprint density at radius 2 is 1.84 bits per heavy atom. The average molecular weight is 253 g/mol. The molecule has 96 valence electrons. The van der Waals surface area contributed by atoms with Crippen LogP contribution in [-0.4, -0.2) is 16.5 Å². The average Bonchev–Trinajstić information content (AvgIpc) is 2.92. The van der Waals surface area contributed by atoms with Crippen molar-refractivity contribution < 1.29 is 4.42 Å². The summed E-state index contributed by atoms with van der Waals surface area (Å²) in [5, 5.41) is 3.31. The van der Waals surface area contributed by atoms with Crippen molar-refractivity contribution in [1.29, 1.82) is 0 Å². The molecule has 0 aliphatic rings. The number of aromatic nitrogens is 2.